The molecule has 0 spiro atoms. The van der Waals surface area contributed by atoms with Gasteiger partial charge in [0.15, 0.2) is 0 Å². The van der Waals surface area contributed by atoms with Gasteiger partial charge in [0.1, 0.15) is 0 Å². The van der Waals surface area contributed by atoms with E-state index < -0.39 is 16.6 Å². The first kappa shape index (κ1) is 11.4. The molecule has 1 rings (SSSR count). The van der Waals surface area contributed by atoms with Crippen molar-refractivity contribution in [1.82, 2.24) is 0 Å². The fourth-order valence-electron chi connectivity index (χ4n) is 1.08. The Hall–Kier alpha value is 0.327. The van der Waals surface area contributed by atoms with Crippen LogP contribution in [0.1, 0.15) is 6.42 Å². The van der Waals surface area contributed by atoms with E-state index in [2.05, 4.69) is 13.1 Å². The molecule has 1 heterocycles. The molecule has 0 aromatic carbocycles. The highest BCUT2D eigenvalue weighted by Crippen LogP contribution is 2.52. The van der Waals surface area contributed by atoms with Crippen molar-refractivity contribution in [3.8, 4) is 0 Å². The topological polar surface area (TPSA) is 44.8 Å². The minimum absolute atomic E-state index is 0.385. The van der Waals surface area contributed by atoms with Crippen molar-refractivity contribution in [2.45, 2.75) is 25.6 Å². The van der Waals surface area contributed by atoms with Crippen molar-refractivity contribution < 1.29 is 18.1 Å². The lowest BCUT2D eigenvalue weighted by Gasteiger charge is -2.09. The second kappa shape index (κ2) is 5.27. The highest BCUT2D eigenvalue weighted by Gasteiger charge is 2.31. The van der Waals surface area contributed by atoms with Gasteiger partial charge in [-0.25, -0.2) is 4.57 Å². The molecular formula is C7H17O4PSi. The minimum Gasteiger partial charge on any atom is -0.287 e. The first-order chi connectivity index (χ1) is 6.12. The maximum atomic E-state index is 11.4. The summed E-state index contributed by atoms with van der Waals surface area (Å²) < 4.78 is 26.2. The normalized spacial score (nSPS) is 21.2. The summed E-state index contributed by atoms with van der Waals surface area (Å²) in [6.45, 7) is 5.82. The molecule has 1 saturated heterocycles. The van der Waals surface area contributed by atoms with E-state index in [4.69, 9.17) is 13.6 Å². The smallest absolute Gasteiger partial charge is 0.287 e. The lowest BCUT2D eigenvalue weighted by molar-refractivity contribution is 0.191. The largest absolute Gasteiger partial charge is 0.474 e. The molecule has 0 N–H and O–H groups in total. The number of hydrogen-bond donors (Lipinski definition) is 0. The predicted octanol–water partition coefficient (Wildman–Crippen LogP) is 2.03. The maximum Gasteiger partial charge on any atom is 0.474 e. The highest BCUT2D eigenvalue weighted by atomic mass is 31.2. The van der Waals surface area contributed by atoms with Gasteiger partial charge in [0, 0.05) is 8.80 Å². The molecule has 0 bridgehead atoms. The van der Waals surface area contributed by atoms with Crippen molar-refractivity contribution in [3.05, 3.63) is 0 Å². The summed E-state index contributed by atoms with van der Waals surface area (Å²) in [7, 11) is -3.62. The van der Waals surface area contributed by atoms with Crippen molar-refractivity contribution in [3.63, 3.8) is 0 Å². The zero-order chi connectivity index (χ0) is 9.73. The van der Waals surface area contributed by atoms with Gasteiger partial charge in [-0.2, -0.15) is 0 Å². The Labute approximate surface area is 80.8 Å². The van der Waals surface area contributed by atoms with Crippen LogP contribution in [-0.4, -0.2) is 28.6 Å². The number of phosphoric acid groups is 1. The SMILES string of the molecule is C[SiH](C)CCCOP1(=O)OCCO1. The Balaban J connectivity index is 2.08. The van der Waals surface area contributed by atoms with Crippen LogP contribution in [0.15, 0.2) is 0 Å². The summed E-state index contributed by atoms with van der Waals surface area (Å²) in [5.74, 6) is 0. The van der Waals surface area contributed by atoms with Crippen LogP contribution in [-0.2, 0) is 18.1 Å². The highest BCUT2D eigenvalue weighted by molar-refractivity contribution is 7.48. The summed E-state index contributed by atoms with van der Waals surface area (Å²) >= 11 is 0. The average molecular weight is 224 g/mol. The Morgan fingerprint density at radius 1 is 1.38 bits per heavy atom. The van der Waals surface area contributed by atoms with Crippen molar-refractivity contribution >= 4 is 16.6 Å². The molecule has 0 aromatic rings. The van der Waals surface area contributed by atoms with Gasteiger partial charge in [-0.1, -0.05) is 19.1 Å². The molecule has 1 aliphatic heterocycles. The van der Waals surface area contributed by atoms with Crippen LogP contribution in [0.2, 0.25) is 19.1 Å². The van der Waals surface area contributed by atoms with Gasteiger partial charge in [-0.05, 0) is 6.42 Å². The molecule has 0 atom stereocenters. The third kappa shape index (κ3) is 4.38. The van der Waals surface area contributed by atoms with Gasteiger partial charge >= 0.3 is 7.82 Å². The van der Waals surface area contributed by atoms with Crippen molar-refractivity contribution in [1.29, 1.82) is 0 Å². The maximum absolute atomic E-state index is 11.4. The van der Waals surface area contributed by atoms with Crippen molar-refractivity contribution in [2.75, 3.05) is 19.8 Å². The molecule has 0 saturated carbocycles. The number of hydrogen-bond acceptors (Lipinski definition) is 4. The summed E-state index contributed by atoms with van der Waals surface area (Å²) in [5.41, 5.74) is 0. The Morgan fingerprint density at radius 2 is 2.00 bits per heavy atom. The van der Waals surface area contributed by atoms with E-state index >= 15 is 0 Å². The molecule has 0 aliphatic carbocycles. The molecule has 0 unspecified atom stereocenters. The number of rotatable bonds is 5. The van der Waals surface area contributed by atoms with Crippen LogP contribution in [0.4, 0.5) is 0 Å². The number of phosphoric ester groups is 1. The first-order valence-electron chi connectivity index (χ1n) is 4.66. The summed E-state index contributed by atoms with van der Waals surface area (Å²) in [6, 6.07) is 1.21. The van der Waals surface area contributed by atoms with E-state index in [1.54, 1.807) is 0 Å². The Bertz CT molecular complexity index is 187. The van der Waals surface area contributed by atoms with Gasteiger partial charge in [0.05, 0.1) is 19.8 Å². The predicted molar refractivity (Wildman–Crippen MR) is 53.8 cm³/mol. The Kier molecular flexibility index (Phi) is 4.62. The summed E-state index contributed by atoms with van der Waals surface area (Å²) in [5, 5.41) is 0. The van der Waals surface area contributed by atoms with E-state index in [0.717, 1.165) is 6.42 Å². The third-order valence-corrected chi connectivity index (χ3v) is 4.82. The van der Waals surface area contributed by atoms with E-state index in [1.807, 2.05) is 0 Å². The van der Waals surface area contributed by atoms with Crippen molar-refractivity contribution in [2.24, 2.45) is 0 Å². The molecule has 1 aliphatic rings. The first-order valence-corrected chi connectivity index (χ1v) is 9.25. The molecule has 4 nitrogen and oxygen atoms in total. The van der Waals surface area contributed by atoms with Crippen LogP contribution in [0, 0.1) is 0 Å². The molecule has 13 heavy (non-hydrogen) atoms. The molecule has 1 fully saturated rings. The van der Waals surface area contributed by atoms with Gasteiger partial charge < -0.3 is 0 Å². The van der Waals surface area contributed by atoms with Gasteiger partial charge in [0.2, 0.25) is 0 Å². The molecule has 6 heteroatoms. The average Bonchev–Trinajstić information content (AvgIpc) is 2.47. The lowest BCUT2D eigenvalue weighted by Crippen LogP contribution is -2.01. The third-order valence-electron chi connectivity index (χ3n) is 1.76. The van der Waals surface area contributed by atoms with E-state index in [0.29, 0.717) is 19.8 Å². The second-order valence-electron chi connectivity index (χ2n) is 3.48. The standard InChI is InChI=1S/C7H17O4PSi/c1-13(2)7-3-4-9-12(8)10-5-6-11-12/h13H,3-7H2,1-2H3. The van der Waals surface area contributed by atoms with Gasteiger partial charge in [0.25, 0.3) is 0 Å². The molecular weight excluding hydrogens is 207 g/mol. The van der Waals surface area contributed by atoms with Crippen LogP contribution in [0.5, 0.6) is 0 Å². The molecule has 0 amide bonds. The van der Waals surface area contributed by atoms with Crippen LogP contribution < -0.4 is 0 Å². The van der Waals surface area contributed by atoms with E-state index in [9.17, 15) is 4.57 Å². The van der Waals surface area contributed by atoms with Crippen LogP contribution in [0.3, 0.4) is 0 Å². The molecule has 78 valence electrons. The zero-order valence-electron chi connectivity index (χ0n) is 8.19. The quantitative estimate of drug-likeness (QED) is 0.407. The molecule has 0 aromatic heterocycles. The van der Waals surface area contributed by atoms with E-state index in [-0.39, 0.29) is 0 Å². The molecule has 0 radical (unpaired) electrons. The van der Waals surface area contributed by atoms with Gasteiger partial charge in [-0.15, -0.1) is 0 Å². The summed E-state index contributed by atoms with van der Waals surface area (Å²) in [4.78, 5) is 0. The van der Waals surface area contributed by atoms with E-state index in [1.165, 1.54) is 6.04 Å². The minimum atomic E-state index is -3.11. The van der Waals surface area contributed by atoms with Crippen LogP contribution in [0.25, 0.3) is 0 Å². The lowest BCUT2D eigenvalue weighted by atomic mass is 10.5. The van der Waals surface area contributed by atoms with Gasteiger partial charge in [-0.3, -0.25) is 13.6 Å². The van der Waals surface area contributed by atoms with Crippen LogP contribution >= 0.6 is 7.82 Å². The summed E-state index contributed by atoms with van der Waals surface area (Å²) in [6.07, 6.45) is 0.959. The Morgan fingerprint density at radius 3 is 2.54 bits per heavy atom. The second-order valence-corrected chi connectivity index (χ2v) is 8.52. The monoisotopic (exact) mass is 224 g/mol. The zero-order valence-corrected chi connectivity index (χ0v) is 10.2. The fourth-order valence-corrected chi connectivity index (χ4v) is 3.23. The fraction of sp³-hybridized carbons (Fsp3) is 1.00.